The Balaban J connectivity index is 1.73. The standard InChI is InChI=1S/C21H25NO4/c1-25-18-8-7-17(15-5-3-4-6-16(15)18)20(24)22-12-11-21(26-2)10-9-14(23)13-19(21)22/h3-8,14,19,23H,9-13H2,1-2H3/t14-,19-,21+/m0/s1. The van der Waals surface area contributed by atoms with Crippen LogP contribution in [0.15, 0.2) is 36.4 Å². The van der Waals surface area contributed by atoms with E-state index in [0.717, 1.165) is 35.8 Å². The van der Waals surface area contributed by atoms with Crippen molar-refractivity contribution in [2.45, 2.75) is 43.4 Å². The van der Waals surface area contributed by atoms with Crippen molar-refractivity contribution < 1.29 is 19.4 Å². The lowest BCUT2D eigenvalue weighted by Gasteiger charge is -2.42. The Labute approximate surface area is 153 Å². The van der Waals surface area contributed by atoms with Crippen LogP contribution in [-0.4, -0.2) is 54.4 Å². The van der Waals surface area contributed by atoms with Crippen LogP contribution < -0.4 is 4.74 Å². The molecule has 0 bridgehead atoms. The second-order valence-corrected chi connectivity index (χ2v) is 7.32. The van der Waals surface area contributed by atoms with Crippen LogP contribution in [0.5, 0.6) is 5.75 Å². The van der Waals surface area contributed by atoms with E-state index >= 15 is 0 Å². The van der Waals surface area contributed by atoms with Gasteiger partial charge in [0.25, 0.3) is 5.91 Å². The first-order valence-electron chi connectivity index (χ1n) is 9.19. The van der Waals surface area contributed by atoms with Crippen molar-refractivity contribution in [2.75, 3.05) is 20.8 Å². The van der Waals surface area contributed by atoms with E-state index in [9.17, 15) is 9.90 Å². The van der Waals surface area contributed by atoms with Crippen molar-refractivity contribution >= 4 is 16.7 Å². The smallest absolute Gasteiger partial charge is 0.254 e. The summed E-state index contributed by atoms with van der Waals surface area (Å²) >= 11 is 0. The molecule has 2 aromatic rings. The van der Waals surface area contributed by atoms with Crippen molar-refractivity contribution in [3.05, 3.63) is 42.0 Å². The number of methoxy groups -OCH3 is 2. The molecule has 26 heavy (non-hydrogen) atoms. The molecule has 0 radical (unpaired) electrons. The van der Waals surface area contributed by atoms with Crippen LogP contribution in [0.25, 0.3) is 10.8 Å². The molecule has 0 unspecified atom stereocenters. The Morgan fingerprint density at radius 3 is 2.65 bits per heavy atom. The molecule has 3 atom stereocenters. The molecule has 1 saturated heterocycles. The number of likely N-dealkylation sites (tertiary alicyclic amines) is 1. The van der Waals surface area contributed by atoms with Gasteiger partial charge in [0.05, 0.1) is 24.9 Å². The maximum Gasteiger partial charge on any atom is 0.254 e. The van der Waals surface area contributed by atoms with Crippen molar-refractivity contribution in [3.63, 3.8) is 0 Å². The number of benzene rings is 2. The highest BCUT2D eigenvalue weighted by Gasteiger charge is 2.52. The SMILES string of the molecule is COc1ccc(C(=O)N2CC[C@]3(OC)CC[C@H](O)C[C@H]23)c2ccccc12. The largest absolute Gasteiger partial charge is 0.496 e. The number of carbonyl (C=O) groups is 1. The minimum absolute atomic E-state index is 0.00174. The minimum atomic E-state index is -0.371. The van der Waals surface area contributed by atoms with Gasteiger partial charge in [-0.25, -0.2) is 0 Å². The number of aliphatic hydroxyl groups is 1. The van der Waals surface area contributed by atoms with E-state index in [1.54, 1.807) is 14.2 Å². The summed E-state index contributed by atoms with van der Waals surface area (Å²) < 4.78 is 11.3. The molecule has 2 aliphatic rings. The van der Waals surface area contributed by atoms with E-state index in [0.29, 0.717) is 18.5 Å². The van der Waals surface area contributed by atoms with Crippen LogP contribution in [-0.2, 0) is 4.74 Å². The summed E-state index contributed by atoms with van der Waals surface area (Å²) in [6, 6.07) is 11.4. The fourth-order valence-electron chi connectivity index (χ4n) is 4.71. The number of fused-ring (bicyclic) bond motifs is 2. The molecule has 1 heterocycles. The summed E-state index contributed by atoms with van der Waals surface area (Å²) in [6.45, 7) is 0.657. The number of ether oxygens (including phenoxy) is 2. The molecule has 2 fully saturated rings. The highest BCUT2D eigenvalue weighted by Crippen LogP contribution is 2.43. The maximum atomic E-state index is 13.4. The number of carbonyl (C=O) groups excluding carboxylic acids is 1. The van der Waals surface area contributed by atoms with Gasteiger partial charge in [-0.1, -0.05) is 24.3 Å². The van der Waals surface area contributed by atoms with Crippen LogP contribution in [0.4, 0.5) is 0 Å². The van der Waals surface area contributed by atoms with E-state index in [4.69, 9.17) is 9.47 Å². The minimum Gasteiger partial charge on any atom is -0.496 e. The molecule has 1 saturated carbocycles. The topological polar surface area (TPSA) is 59.0 Å². The average Bonchev–Trinajstić information content (AvgIpc) is 3.05. The van der Waals surface area contributed by atoms with Crippen LogP contribution in [0.1, 0.15) is 36.0 Å². The highest BCUT2D eigenvalue weighted by molar-refractivity contribution is 6.08. The Hall–Kier alpha value is -2.11. The second-order valence-electron chi connectivity index (χ2n) is 7.32. The van der Waals surface area contributed by atoms with Gasteiger partial charge < -0.3 is 19.5 Å². The zero-order chi connectivity index (χ0) is 18.3. The molecule has 2 aromatic carbocycles. The first-order chi connectivity index (χ1) is 12.6. The lowest BCUT2D eigenvalue weighted by Crippen LogP contribution is -2.52. The Morgan fingerprint density at radius 2 is 1.92 bits per heavy atom. The van der Waals surface area contributed by atoms with E-state index in [2.05, 4.69) is 0 Å². The van der Waals surface area contributed by atoms with E-state index < -0.39 is 0 Å². The number of aliphatic hydroxyl groups excluding tert-OH is 1. The molecule has 0 spiro atoms. The normalized spacial score (nSPS) is 28.2. The maximum absolute atomic E-state index is 13.4. The molecular formula is C21H25NO4. The fourth-order valence-corrected chi connectivity index (χ4v) is 4.71. The van der Waals surface area contributed by atoms with E-state index in [1.165, 1.54) is 0 Å². The molecule has 1 N–H and O–H groups in total. The van der Waals surface area contributed by atoms with Crippen LogP contribution in [0.3, 0.4) is 0 Å². The number of nitrogens with zero attached hydrogens (tertiary/aromatic N) is 1. The van der Waals surface area contributed by atoms with Gasteiger partial charge in [-0.3, -0.25) is 4.79 Å². The van der Waals surface area contributed by atoms with E-state index in [1.807, 2.05) is 41.3 Å². The fraction of sp³-hybridized carbons (Fsp3) is 0.476. The van der Waals surface area contributed by atoms with Gasteiger partial charge in [0, 0.05) is 24.6 Å². The predicted octanol–water partition coefficient (Wildman–Crippen LogP) is 2.99. The number of amides is 1. The monoisotopic (exact) mass is 355 g/mol. The van der Waals surface area contributed by atoms with Crippen molar-refractivity contribution in [1.82, 2.24) is 4.90 Å². The molecule has 1 aliphatic heterocycles. The zero-order valence-corrected chi connectivity index (χ0v) is 15.3. The van der Waals surface area contributed by atoms with Crippen LogP contribution in [0.2, 0.25) is 0 Å². The van der Waals surface area contributed by atoms with Crippen molar-refractivity contribution in [2.24, 2.45) is 0 Å². The van der Waals surface area contributed by atoms with E-state index in [-0.39, 0.29) is 23.7 Å². The van der Waals surface area contributed by atoms with Gasteiger partial charge in [0.2, 0.25) is 0 Å². The summed E-state index contributed by atoms with van der Waals surface area (Å²) in [5.74, 6) is 0.764. The number of rotatable bonds is 3. The summed E-state index contributed by atoms with van der Waals surface area (Å²) in [7, 11) is 3.36. The van der Waals surface area contributed by atoms with Gasteiger partial charge >= 0.3 is 0 Å². The third-order valence-corrected chi connectivity index (χ3v) is 6.16. The van der Waals surface area contributed by atoms with Gasteiger partial charge in [0.1, 0.15) is 5.75 Å². The number of hydrogen-bond donors (Lipinski definition) is 1. The first kappa shape index (κ1) is 17.3. The Morgan fingerprint density at radius 1 is 1.15 bits per heavy atom. The predicted molar refractivity (Wildman–Crippen MR) is 99.5 cm³/mol. The summed E-state index contributed by atoms with van der Waals surface area (Å²) in [5, 5.41) is 12.0. The molecule has 0 aromatic heterocycles. The molecule has 1 aliphatic carbocycles. The molecule has 5 heteroatoms. The molecule has 5 nitrogen and oxygen atoms in total. The molecule has 4 rings (SSSR count). The van der Waals surface area contributed by atoms with Gasteiger partial charge in [0.15, 0.2) is 0 Å². The quantitative estimate of drug-likeness (QED) is 0.920. The molecule has 1 amide bonds. The Kier molecular flexibility index (Phi) is 4.37. The number of hydrogen-bond acceptors (Lipinski definition) is 4. The second kappa shape index (κ2) is 6.56. The van der Waals surface area contributed by atoms with Gasteiger partial charge in [-0.15, -0.1) is 0 Å². The van der Waals surface area contributed by atoms with Crippen LogP contribution in [0, 0.1) is 0 Å². The molecule has 138 valence electrons. The summed E-state index contributed by atoms with van der Waals surface area (Å²) in [4.78, 5) is 15.3. The van der Waals surface area contributed by atoms with Gasteiger partial charge in [-0.2, -0.15) is 0 Å². The Bertz CT molecular complexity index is 836. The molecular weight excluding hydrogens is 330 g/mol. The lowest BCUT2D eigenvalue weighted by molar-refractivity contribution is -0.0824. The lowest BCUT2D eigenvalue weighted by atomic mass is 9.79. The summed E-state index contributed by atoms with van der Waals surface area (Å²) in [6.07, 6.45) is 2.55. The van der Waals surface area contributed by atoms with Gasteiger partial charge in [-0.05, 0) is 43.2 Å². The third-order valence-electron chi connectivity index (χ3n) is 6.16. The summed E-state index contributed by atoms with van der Waals surface area (Å²) in [5.41, 5.74) is 0.352. The van der Waals surface area contributed by atoms with Crippen molar-refractivity contribution in [1.29, 1.82) is 0 Å². The first-order valence-corrected chi connectivity index (χ1v) is 9.19. The highest BCUT2D eigenvalue weighted by atomic mass is 16.5. The zero-order valence-electron chi connectivity index (χ0n) is 15.3. The van der Waals surface area contributed by atoms with Crippen molar-refractivity contribution in [3.8, 4) is 5.75 Å². The third kappa shape index (κ3) is 2.58. The average molecular weight is 355 g/mol. The van der Waals surface area contributed by atoms with Crippen LogP contribution >= 0.6 is 0 Å².